The minimum atomic E-state index is 0.487. The van der Waals surface area contributed by atoms with Crippen LogP contribution in [0.1, 0.15) is 33.1 Å². The summed E-state index contributed by atoms with van der Waals surface area (Å²) in [6.07, 6.45) is 3.38. The molecule has 1 saturated carbocycles. The van der Waals surface area contributed by atoms with Crippen molar-refractivity contribution >= 4 is 0 Å². The Balaban J connectivity index is 2.20. The molecular weight excluding hydrogens is 148 g/mol. The predicted molar refractivity (Wildman–Crippen MR) is 51.1 cm³/mol. The minimum absolute atomic E-state index is 0.487. The maximum Gasteiger partial charge on any atom is 0.0250 e. The average molecular weight is 166 g/mol. The van der Waals surface area contributed by atoms with Crippen molar-refractivity contribution in [2.75, 3.05) is 0 Å². The molecule has 0 bridgehead atoms. The molecule has 0 spiro atoms. The lowest BCUT2D eigenvalue weighted by atomic mass is 10.1. The number of nitrogens with one attached hydrogen (secondary N) is 1. The second-order valence-electron chi connectivity index (χ2n) is 3.62. The fraction of sp³-hybridized carbons (Fsp3) is 0.800. The van der Waals surface area contributed by atoms with Gasteiger partial charge < -0.3 is 0 Å². The molecule has 0 radical (unpaired) electrons. The summed E-state index contributed by atoms with van der Waals surface area (Å²) < 4.78 is 0. The van der Waals surface area contributed by atoms with Crippen LogP contribution >= 0.6 is 0 Å². The summed E-state index contributed by atoms with van der Waals surface area (Å²) in [6, 6.07) is 0.487. The molecule has 0 aromatic heterocycles. The van der Waals surface area contributed by atoms with E-state index < -0.39 is 0 Å². The molecule has 0 amide bonds. The van der Waals surface area contributed by atoms with Gasteiger partial charge in [-0.3, -0.25) is 11.3 Å². The maximum atomic E-state index is 5.46. The molecular formula is C10H18N2. The number of hydrogen-bond donors (Lipinski definition) is 2. The van der Waals surface area contributed by atoms with Gasteiger partial charge in [0.2, 0.25) is 0 Å². The molecule has 0 aromatic carbocycles. The minimum Gasteiger partial charge on any atom is -0.271 e. The van der Waals surface area contributed by atoms with E-state index in [2.05, 4.69) is 24.2 Å². The Bertz CT molecular complexity index is 190. The second kappa shape index (κ2) is 4.49. The molecule has 0 saturated heterocycles. The summed E-state index contributed by atoms with van der Waals surface area (Å²) in [4.78, 5) is 0. The van der Waals surface area contributed by atoms with Crippen LogP contribution in [0.3, 0.4) is 0 Å². The van der Waals surface area contributed by atoms with Gasteiger partial charge >= 0.3 is 0 Å². The smallest absolute Gasteiger partial charge is 0.0250 e. The van der Waals surface area contributed by atoms with Gasteiger partial charge in [-0.15, -0.1) is 11.8 Å². The van der Waals surface area contributed by atoms with Gasteiger partial charge in [0, 0.05) is 12.5 Å². The van der Waals surface area contributed by atoms with Crippen molar-refractivity contribution < 1.29 is 0 Å². The lowest BCUT2D eigenvalue weighted by Gasteiger charge is -2.13. The summed E-state index contributed by atoms with van der Waals surface area (Å²) in [6.45, 7) is 4.16. The zero-order valence-electron chi connectivity index (χ0n) is 7.93. The number of hydrazine groups is 1. The normalized spacial score (nSPS) is 28.9. The predicted octanol–water partition coefficient (Wildman–Crippen LogP) is 1.28. The van der Waals surface area contributed by atoms with Crippen LogP contribution < -0.4 is 11.3 Å². The standard InChI is InChI=1S/C10H18N2/c1-3-4-5-6-10(12-11)9-7-8(9)2/h8-10,12H,5-7,11H2,1-2H3. The summed E-state index contributed by atoms with van der Waals surface area (Å²) in [7, 11) is 0. The van der Waals surface area contributed by atoms with Crippen molar-refractivity contribution in [2.24, 2.45) is 17.7 Å². The first-order valence-electron chi connectivity index (χ1n) is 4.65. The van der Waals surface area contributed by atoms with E-state index in [1.165, 1.54) is 6.42 Å². The topological polar surface area (TPSA) is 38.0 Å². The molecule has 1 aliphatic carbocycles. The molecule has 1 fully saturated rings. The van der Waals surface area contributed by atoms with Crippen LogP contribution in [0.15, 0.2) is 0 Å². The van der Waals surface area contributed by atoms with Crippen molar-refractivity contribution in [1.29, 1.82) is 0 Å². The maximum absolute atomic E-state index is 5.46. The van der Waals surface area contributed by atoms with E-state index in [-0.39, 0.29) is 0 Å². The lowest BCUT2D eigenvalue weighted by Crippen LogP contribution is -2.37. The Hall–Kier alpha value is -0.520. The zero-order chi connectivity index (χ0) is 8.97. The van der Waals surface area contributed by atoms with Crippen molar-refractivity contribution in [2.45, 2.75) is 39.2 Å². The number of nitrogens with two attached hydrogens (primary N) is 1. The molecule has 3 atom stereocenters. The van der Waals surface area contributed by atoms with Crippen LogP contribution in [0.2, 0.25) is 0 Å². The van der Waals surface area contributed by atoms with Crippen molar-refractivity contribution in [3.63, 3.8) is 0 Å². The van der Waals surface area contributed by atoms with Crippen molar-refractivity contribution in [3.05, 3.63) is 0 Å². The number of hydrogen-bond acceptors (Lipinski definition) is 2. The largest absolute Gasteiger partial charge is 0.271 e. The highest BCUT2D eigenvalue weighted by Crippen LogP contribution is 2.41. The highest BCUT2D eigenvalue weighted by atomic mass is 15.2. The third-order valence-electron chi connectivity index (χ3n) is 2.66. The first kappa shape index (κ1) is 9.57. The second-order valence-corrected chi connectivity index (χ2v) is 3.62. The SMILES string of the molecule is CC#CCCC(NN)C1CC1C. The van der Waals surface area contributed by atoms with Crippen LogP contribution in [-0.4, -0.2) is 6.04 Å². The first-order valence-corrected chi connectivity index (χ1v) is 4.65. The Kier molecular flexibility index (Phi) is 3.58. The van der Waals surface area contributed by atoms with E-state index in [0.717, 1.165) is 24.7 Å². The van der Waals surface area contributed by atoms with E-state index in [4.69, 9.17) is 5.84 Å². The van der Waals surface area contributed by atoms with E-state index in [1.807, 2.05) is 6.92 Å². The Morgan fingerprint density at radius 3 is 2.75 bits per heavy atom. The molecule has 1 rings (SSSR count). The van der Waals surface area contributed by atoms with Crippen LogP contribution in [0.5, 0.6) is 0 Å². The molecule has 0 aliphatic heterocycles. The average Bonchev–Trinajstić information content (AvgIpc) is 2.77. The molecule has 68 valence electrons. The van der Waals surface area contributed by atoms with Gasteiger partial charge in [0.15, 0.2) is 0 Å². The molecule has 0 heterocycles. The van der Waals surface area contributed by atoms with Gasteiger partial charge in [-0.05, 0) is 31.6 Å². The summed E-state index contributed by atoms with van der Waals surface area (Å²) in [5, 5.41) is 0. The van der Waals surface area contributed by atoms with Gasteiger partial charge in [0.25, 0.3) is 0 Å². The van der Waals surface area contributed by atoms with Gasteiger partial charge in [0.1, 0.15) is 0 Å². The summed E-state index contributed by atoms with van der Waals surface area (Å²) >= 11 is 0. The fourth-order valence-electron chi connectivity index (χ4n) is 1.69. The highest BCUT2D eigenvalue weighted by Gasteiger charge is 2.38. The number of rotatable bonds is 4. The van der Waals surface area contributed by atoms with E-state index in [1.54, 1.807) is 0 Å². The zero-order valence-corrected chi connectivity index (χ0v) is 7.93. The van der Waals surface area contributed by atoms with Crippen molar-refractivity contribution in [1.82, 2.24) is 5.43 Å². The molecule has 2 nitrogen and oxygen atoms in total. The monoisotopic (exact) mass is 166 g/mol. The van der Waals surface area contributed by atoms with Crippen LogP contribution in [0, 0.1) is 23.7 Å². The molecule has 3 N–H and O–H groups in total. The molecule has 1 aliphatic rings. The highest BCUT2D eigenvalue weighted by molar-refractivity contribution is 4.98. The molecule has 3 unspecified atom stereocenters. The van der Waals surface area contributed by atoms with Gasteiger partial charge in [-0.2, -0.15) is 0 Å². The Morgan fingerprint density at radius 2 is 2.33 bits per heavy atom. The lowest BCUT2D eigenvalue weighted by molar-refractivity contribution is 0.434. The summed E-state index contributed by atoms with van der Waals surface area (Å²) in [5.41, 5.74) is 2.89. The Labute approximate surface area is 74.9 Å². The van der Waals surface area contributed by atoms with Crippen LogP contribution in [-0.2, 0) is 0 Å². The van der Waals surface area contributed by atoms with Gasteiger partial charge in [-0.25, -0.2) is 0 Å². The van der Waals surface area contributed by atoms with E-state index >= 15 is 0 Å². The first-order chi connectivity index (χ1) is 5.79. The van der Waals surface area contributed by atoms with E-state index in [9.17, 15) is 0 Å². The fourth-order valence-corrected chi connectivity index (χ4v) is 1.69. The molecule has 2 heteroatoms. The third-order valence-corrected chi connectivity index (χ3v) is 2.66. The van der Waals surface area contributed by atoms with E-state index in [0.29, 0.717) is 6.04 Å². The van der Waals surface area contributed by atoms with Crippen molar-refractivity contribution in [3.8, 4) is 11.8 Å². The third kappa shape index (κ3) is 2.51. The molecule has 0 aromatic rings. The van der Waals surface area contributed by atoms with Crippen LogP contribution in [0.4, 0.5) is 0 Å². The van der Waals surface area contributed by atoms with Gasteiger partial charge in [0.05, 0.1) is 0 Å². The summed E-state index contributed by atoms with van der Waals surface area (Å²) in [5.74, 6) is 13.1. The van der Waals surface area contributed by atoms with Gasteiger partial charge in [-0.1, -0.05) is 6.92 Å². The van der Waals surface area contributed by atoms with Crippen LogP contribution in [0.25, 0.3) is 0 Å². The Morgan fingerprint density at radius 1 is 1.67 bits per heavy atom. The molecule has 12 heavy (non-hydrogen) atoms. The quantitative estimate of drug-likeness (QED) is 0.375.